The first-order valence-electron chi connectivity index (χ1n) is 6.94. The van der Waals surface area contributed by atoms with Crippen LogP contribution in [0, 0.1) is 5.92 Å². The minimum absolute atomic E-state index is 0.833. The molecule has 0 unspecified atom stereocenters. The van der Waals surface area contributed by atoms with E-state index >= 15 is 0 Å². The highest BCUT2D eigenvalue weighted by Crippen LogP contribution is 2.29. The molecule has 1 heterocycles. The third kappa shape index (κ3) is 4.33. The van der Waals surface area contributed by atoms with Crippen molar-refractivity contribution in [3.63, 3.8) is 0 Å². The van der Waals surface area contributed by atoms with Crippen molar-refractivity contribution in [3.05, 3.63) is 0 Å². The molecule has 2 rings (SSSR count). The van der Waals surface area contributed by atoms with Crippen molar-refractivity contribution < 1.29 is 0 Å². The summed E-state index contributed by atoms with van der Waals surface area (Å²) in [6.45, 7) is 6.43. The Hall–Kier alpha value is 0.610. The lowest BCUT2D eigenvalue weighted by Gasteiger charge is -2.37. The summed E-state index contributed by atoms with van der Waals surface area (Å²) in [6, 6.07) is 0.833. The van der Waals surface area contributed by atoms with Gasteiger partial charge in [0.15, 0.2) is 0 Å². The molecule has 0 N–H and O–H groups in total. The average Bonchev–Trinajstić information content (AvgIpc) is 2.33. The maximum atomic E-state index is 2.68. The molecule has 100 valence electrons. The minimum atomic E-state index is 0.833. The number of rotatable bonds is 3. The molecule has 0 aromatic carbocycles. The fourth-order valence-electron chi connectivity index (χ4n) is 3.08. The van der Waals surface area contributed by atoms with E-state index in [1.165, 1.54) is 58.4 Å². The van der Waals surface area contributed by atoms with Gasteiger partial charge < -0.3 is 9.80 Å². The highest BCUT2D eigenvalue weighted by atomic mass is 127. The number of piperazine rings is 1. The largest absolute Gasteiger partial charge is 0.304 e. The molecule has 2 aliphatic rings. The van der Waals surface area contributed by atoms with E-state index in [2.05, 4.69) is 49.9 Å². The lowest BCUT2D eigenvalue weighted by Crippen LogP contribution is -2.46. The summed E-state index contributed by atoms with van der Waals surface area (Å²) in [5.41, 5.74) is 0. The summed E-state index contributed by atoms with van der Waals surface area (Å²) in [4.78, 5) is 5.12. The standard InChI is InChI=1S/C13H26IN3/c1-15-7-9-17(10-8-15)11-12-3-5-13(6-4-12)16(2)14/h12-13H,3-11H2,1-2H3/t12-,13+. The van der Waals surface area contributed by atoms with Gasteiger partial charge in [0.1, 0.15) is 0 Å². The van der Waals surface area contributed by atoms with Gasteiger partial charge in [-0.3, -0.25) is 0 Å². The molecule has 0 bridgehead atoms. The summed E-state index contributed by atoms with van der Waals surface area (Å²) in [5.74, 6) is 0.964. The van der Waals surface area contributed by atoms with Crippen LogP contribution < -0.4 is 0 Å². The molecule has 0 aromatic rings. The van der Waals surface area contributed by atoms with Crippen molar-refractivity contribution in [1.29, 1.82) is 0 Å². The Morgan fingerprint density at radius 2 is 1.65 bits per heavy atom. The van der Waals surface area contributed by atoms with E-state index in [-0.39, 0.29) is 0 Å². The van der Waals surface area contributed by atoms with Gasteiger partial charge in [-0.1, -0.05) is 0 Å². The van der Waals surface area contributed by atoms with Gasteiger partial charge in [-0.2, -0.15) is 0 Å². The Bertz CT molecular complexity index is 219. The van der Waals surface area contributed by atoms with Gasteiger partial charge in [0.2, 0.25) is 0 Å². The van der Waals surface area contributed by atoms with Crippen molar-refractivity contribution in [2.75, 3.05) is 46.8 Å². The van der Waals surface area contributed by atoms with Crippen molar-refractivity contribution >= 4 is 22.9 Å². The van der Waals surface area contributed by atoms with E-state index in [0.717, 1.165) is 12.0 Å². The normalized spacial score (nSPS) is 33.2. The van der Waals surface area contributed by atoms with Crippen LogP contribution in [-0.2, 0) is 0 Å². The first-order chi connectivity index (χ1) is 8.15. The summed E-state index contributed by atoms with van der Waals surface area (Å²) >= 11 is 2.44. The number of likely N-dealkylation sites (N-methyl/N-ethyl adjacent to an activating group) is 1. The van der Waals surface area contributed by atoms with Crippen molar-refractivity contribution in [3.8, 4) is 0 Å². The van der Waals surface area contributed by atoms with Gasteiger partial charge in [-0.15, -0.1) is 0 Å². The fourth-order valence-corrected chi connectivity index (χ4v) is 3.64. The first kappa shape index (κ1) is 14.0. The SMILES string of the molecule is CN1CCN(C[C@H]2CC[C@@H](N(C)I)CC2)CC1. The van der Waals surface area contributed by atoms with Crippen LogP contribution in [0.2, 0.25) is 0 Å². The molecule has 17 heavy (non-hydrogen) atoms. The quantitative estimate of drug-likeness (QED) is 0.569. The van der Waals surface area contributed by atoms with Crippen LogP contribution in [0.5, 0.6) is 0 Å². The Morgan fingerprint density at radius 1 is 1.06 bits per heavy atom. The summed E-state index contributed by atoms with van der Waals surface area (Å²) in [7, 11) is 4.45. The Labute approximate surface area is 120 Å². The van der Waals surface area contributed by atoms with E-state index in [0.29, 0.717) is 0 Å². The zero-order chi connectivity index (χ0) is 12.3. The third-order valence-corrected chi connectivity index (χ3v) is 5.22. The molecule has 2 fully saturated rings. The molecule has 3 nitrogen and oxygen atoms in total. The van der Waals surface area contributed by atoms with Crippen LogP contribution in [-0.4, -0.2) is 65.8 Å². The van der Waals surface area contributed by atoms with Crippen LogP contribution in [0.3, 0.4) is 0 Å². The molecule has 1 saturated carbocycles. The smallest absolute Gasteiger partial charge is 0.0201 e. The topological polar surface area (TPSA) is 9.72 Å². The molecule has 0 spiro atoms. The molecule has 0 radical (unpaired) electrons. The predicted molar refractivity (Wildman–Crippen MR) is 81.5 cm³/mol. The van der Waals surface area contributed by atoms with E-state index in [9.17, 15) is 0 Å². The first-order valence-corrected chi connectivity index (χ1v) is 7.91. The van der Waals surface area contributed by atoms with E-state index in [1.54, 1.807) is 0 Å². The van der Waals surface area contributed by atoms with Crippen LogP contribution in [0.1, 0.15) is 25.7 Å². The van der Waals surface area contributed by atoms with Crippen molar-refractivity contribution in [2.45, 2.75) is 31.7 Å². The van der Waals surface area contributed by atoms with E-state index in [4.69, 9.17) is 0 Å². The number of hydrogen-bond acceptors (Lipinski definition) is 3. The lowest BCUT2D eigenvalue weighted by molar-refractivity contribution is 0.119. The maximum absolute atomic E-state index is 2.68. The van der Waals surface area contributed by atoms with Crippen LogP contribution >= 0.6 is 22.9 Å². The molecule has 0 aromatic heterocycles. The summed E-state index contributed by atoms with van der Waals surface area (Å²) in [6.07, 6.45) is 5.67. The molecule has 0 atom stereocenters. The molecule has 4 heteroatoms. The molecule has 1 aliphatic heterocycles. The Kier molecular flexibility index (Phi) is 5.51. The molecule has 0 amide bonds. The monoisotopic (exact) mass is 351 g/mol. The second-order valence-electron chi connectivity index (χ2n) is 5.80. The highest BCUT2D eigenvalue weighted by molar-refractivity contribution is 14.1. The van der Waals surface area contributed by atoms with Crippen molar-refractivity contribution in [1.82, 2.24) is 12.9 Å². The molecule has 1 aliphatic carbocycles. The second-order valence-corrected chi connectivity index (χ2v) is 7.33. The van der Waals surface area contributed by atoms with Crippen LogP contribution in [0.4, 0.5) is 0 Å². The van der Waals surface area contributed by atoms with Gasteiger partial charge in [-0.05, 0) is 45.7 Å². The van der Waals surface area contributed by atoms with E-state index < -0.39 is 0 Å². The Morgan fingerprint density at radius 3 is 2.18 bits per heavy atom. The molecular formula is C13H26IN3. The summed E-state index contributed by atoms with van der Waals surface area (Å²) < 4.78 is 2.38. The highest BCUT2D eigenvalue weighted by Gasteiger charge is 2.25. The zero-order valence-electron chi connectivity index (χ0n) is 11.2. The average molecular weight is 351 g/mol. The van der Waals surface area contributed by atoms with Gasteiger partial charge >= 0.3 is 0 Å². The lowest BCUT2D eigenvalue weighted by atomic mass is 9.85. The van der Waals surface area contributed by atoms with E-state index in [1.807, 2.05) is 0 Å². The maximum Gasteiger partial charge on any atom is 0.0201 e. The third-order valence-electron chi connectivity index (χ3n) is 4.43. The van der Waals surface area contributed by atoms with Crippen molar-refractivity contribution in [2.24, 2.45) is 5.92 Å². The summed E-state index contributed by atoms with van der Waals surface area (Å²) in [5, 5.41) is 0. The number of halogens is 1. The minimum Gasteiger partial charge on any atom is -0.304 e. The van der Waals surface area contributed by atoms with Crippen LogP contribution in [0.25, 0.3) is 0 Å². The Balaban J connectivity index is 1.67. The van der Waals surface area contributed by atoms with Gasteiger partial charge in [0.25, 0.3) is 0 Å². The predicted octanol–water partition coefficient (Wildman–Crippen LogP) is 2.07. The van der Waals surface area contributed by atoms with Gasteiger partial charge in [0.05, 0.1) is 0 Å². The second kappa shape index (κ2) is 6.68. The molecular weight excluding hydrogens is 325 g/mol. The zero-order valence-corrected chi connectivity index (χ0v) is 13.4. The van der Waals surface area contributed by atoms with Gasteiger partial charge in [-0.25, -0.2) is 3.11 Å². The number of nitrogens with zero attached hydrogens (tertiary/aromatic N) is 3. The van der Waals surface area contributed by atoms with Gasteiger partial charge in [0, 0.05) is 61.6 Å². The number of hydrogen-bond donors (Lipinski definition) is 0. The molecule has 1 saturated heterocycles. The van der Waals surface area contributed by atoms with Crippen LogP contribution in [0.15, 0.2) is 0 Å². The fraction of sp³-hybridized carbons (Fsp3) is 1.00.